The van der Waals surface area contributed by atoms with Crippen LogP contribution in [0.3, 0.4) is 0 Å². The number of aliphatic hydroxyl groups excluding tert-OH is 1. The molecule has 2 saturated heterocycles. The summed E-state index contributed by atoms with van der Waals surface area (Å²) in [5, 5.41) is 9.23. The normalized spacial score (nSPS) is 26.0. The molecule has 2 atom stereocenters. The highest BCUT2D eigenvalue weighted by Crippen LogP contribution is 2.32. The van der Waals surface area contributed by atoms with E-state index in [1.807, 2.05) is 4.57 Å². The summed E-state index contributed by atoms with van der Waals surface area (Å²) in [5.41, 5.74) is 1.67. The van der Waals surface area contributed by atoms with Gasteiger partial charge in [-0.2, -0.15) is 0 Å². The van der Waals surface area contributed by atoms with Crippen LogP contribution in [-0.2, 0) is 4.74 Å². The molecular weight excluding hydrogens is 282 g/mol. The number of nitrogens with zero attached hydrogens (tertiary/aromatic N) is 5. The van der Waals surface area contributed by atoms with Gasteiger partial charge in [0.15, 0.2) is 17.0 Å². The van der Waals surface area contributed by atoms with Crippen molar-refractivity contribution in [3.05, 3.63) is 12.7 Å². The van der Waals surface area contributed by atoms with E-state index < -0.39 is 0 Å². The predicted octanol–water partition coefficient (Wildman–Crippen LogP) is 1.49. The molecule has 7 heteroatoms. The number of hydrogen-bond donors (Lipinski definition) is 1. The average molecular weight is 303 g/mol. The Morgan fingerprint density at radius 3 is 2.77 bits per heavy atom. The summed E-state index contributed by atoms with van der Waals surface area (Å²) in [6.45, 7) is 2.13. The first kappa shape index (κ1) is 13.9. The Labute approximate surface area is 128 Å². The number of ether oxygens (including phenoxy) is 1. The lowest BCUT2D eigenvalue weighted by Crippen LogP contribution is -2.30. The topological polar surface area (TPSA) is 76.3 Å². The monoisotopic (exact) mass is 303 g/mol. The predicted molar refractivity (Wildman–Crippen MR) is 81.6 cm³/mol. The number of aliphatic hydroxyl groups is 1. The Morgan fingerprint density at radius 2 is 2.00 bits per heavy atom. The Kier molecular flexibility index (Phi) is 3.67. The molecule has 0 aromatic carbocycles. The largest absolute Gasteiger partial charge is 0.394 e. The SMILES string of the molecule is OC[C@@H]1CC[C@H](n2cnc3c(N4CCCCC4)ncnc32)O1. The number of anilines is 1. The molecule has 118 valence electrons. The van der Waals surface area contributed by atoms with Gasteiger partial charge in [0, 0.05) is 13.1 Å². The molecule has 1 N–H and O–H groups in total. The summed E-state index contributed by atoms with van der Waals surface area (Å²) < 4.78 is 7.82. The maximum Gasteiger partial charge on any atom is 0.167 e. The quantitative estimate of drug-likeness (QED) is 0.925. The number of hydrogen-bond acceptors (Lipinski definition) is 6. The van der Waals surface area contributed by atoms with E-state index in [2.05, 4.69) is 19.9 Å². The van der Waals surface area contributed by atoms with Gasteiger partial charge < -0.3 is 14.7 Å². The molecule has 0 unspecified atom stereocenters. The minimum absolute atomic E-state index is 0.0666. The standard InChI is InChI=1S/C15H21N5O2/c21-8-11-4-5-12(22-11)20-10-18-13-14(16-9-17-15(13)20)19-6-2-1-3-7-19/h9-12,21H,1-8H2/t11-,12+/m0/s1. The minimum Gasteiger partial charge on any atom is -0.394 e. The fourth-order valence-corrected chi connectivity index (χ4v) is 3.41. The first-order valence-corrected chi connectivity index (χ1v) is 8.05. The molecule has 7 nitrogen and oxygen atoms in total. The second-order valence-electron chi connectivity index (χ2n) is 6.04. The minimum atomic E-state index is -0.0914. The molecule has 0 saturated carbocycles. The van der Waals surface area contributed by atoms with E-state index in [9.17, 15) is 5.11 Å². The van der Waals surface area contributed by atoms with Gasteiger partial charge in [0.2, 0.25) is 0 Å². The van der Waals surface area contributed by atoms with E-state index in [0.29, 0.717) is 0 Å². The molecule has 2 aliphatic rings. The first-order chi connectivity index (χ1) is 10.9. The lowest BCUT2D eigenvalue weighted by atomic mass is 10.1. The summed E-state index contributed by atoms with van der Waals surface area (Å²) in [7, 11) is 0. The van der Waals surface area contributed by atoms with Gasteiger partial charge in [-0.25, -0.2) is 15.0 Å². The van der Waals surface area contributed by atoms with Gasteiger partial charge in [-0.3, -0.25) is 4.57 Å². The maximum atomic E-state index is 9.23. The number of fused-ring (bicyclic) bond motifs is 1. The molecule has 2 aromatic rings. The summed E-state index contributed by atoms with van der Waals surface area (Å²) in [6.07, 6.45) is 8.67. The first-order valence-electron chi connectivity index (χ1n) is 8.05. The molecule has 4 rings (SSSR count). The number of piperidine rings is 1. The van der Waals surface area contributed by atoms with Crippen molar-refractivity contribution < 1.29 is 9.84 Å². The molecule has 2 fully saturated rings. The van der Waals surface area contributed by atoms with Gasteiger partial charge in [-0.1, -0.05) is 0 Å². The van der Waals surface area contributed by atoms with Gasteiger partial charge in [0.05, 0.1) is 19.0 Å². The van der Waals surface area contributed by atoms with Gasteiger partial charge in [-0.15, -0.1) is 0 Å². The third-order valence-corrected chi connectivity index (χ3v) is 4.59. The molecule has 0 aliphatic carbocycles. The van der Waals surface area contributed by atoms with Crippen molar-refractivity contribution >= 4 is 17.0 Å². The second-order valence-corrected chi connectivity index (χ2v) is 6.04. The van der Waals surface area contributed by atoms with Crippen LogP contribution in [0.4, 0.5) is 5.82 Å². The van der Waals surface area contributed by atoms with E-state index in [1.165, 1.54) is 19.3 Å². The highest BCUT2D eigenvalue weighted by molar-refractivity contribution is 5.83. The van der Waals surface area contributed by atoms with Gasteiger partial charge in [0.25, 0.3) is 0 Å². The zero-order valence-electron chi connectivity index (χ0n) is 12.6. The second kappa shape index (κ2) is 5.81. The van der Waals surface area contributed by atoms with E-state index in [4.69, 9.17) is 4.74 Å². The molecule has 2 aliphatic heterocycles. The van der Waals surface area contributed by atoms with Crippen molar-refractivity contribution in [1.82, 2.24) is 19.5 Å². The van der Waals surface area contributed by atoms with Crippen molar-refractivity contribution in [3.8, 4) is 0 Å². The molecule has 0 amide bonds. The summed E-state index contributed by atoms with van der Waals surface area (Å²) in [6, 6.07) is 0. The molecule has 22 heavy (non-hydrogen) atoms. The Morgan fingerprint density at radius 1 is 1.14 bits per heavy atom. The summed E-state index contributed by atoms with van der Waals surface area (Å²) >= 11 is 0. The number of rotatable bonds is 3. The number of imidazole rings is 1. The zero-order valence-corrected chi connectivity index (χ0v) is 12.6. The number of aromatic nitrogens is 4. The molecule has 4 heterocycles. The van der Waals surface area contributed by atoms with Crippen LogP contribution < -0.4 is 4.90 Å². The lowest BCUT2D eigenvalue weighted by molar-refractivity contribution is -0.0207. The van der Waals surface area contributed by atoms with Gasteiger partial charge in [0.1, 0.15) is 12.6 Å². The van der Waals surface area contributed by atoms with Crippen LogP contribution in [0.15, 0.2) is 12.7 Å². The average Bonchev–Trinajstić information content (AvgIpc) is 3.21. The molecule has 0 radical (unpaired) electrons. The molecule has 0 spiro atoms. The van der Waals surface area contributed by atoms with Gasteiger partial charge in [-0.05, 0) is 32.1 Å². The van der Waals surface area contributed by atoms with Crippen molar-refractivity contribution in [2.45, 2.75) is 44.4 Å². The van der Waals surface area contributed by atoms with E-state index >= 15 is 0 Å². The fourth-order valence-electron chi connectivity index (χ4n) is 3.41. The van der Waals surface area contributed by atoms with Crippen LogP contribution in [0.2, 0.25) is 0 Å². The lowest BCUT2D eigenvalue weighted by Gasteiger charge is -2.27. The third kappa shape index (κ3) is 2.34. The maximum absolute atomic E-state index is 9.23. The smallest absolute Gasteiger partial charge is 0.167 e. The van der Waals surface area contributed by atoms with Gasteiger partial charge >= 0.3 is 0 Å². The third-order valence-electron chi connectivity index (χ3n) is 4.59. The van der Waals surface area contributed by atoms with Crippen LogP contribution in [0.25, 0.3) is 11.2 Å². The van der Waals surface area contributed by atoms with E-state index in [0.717, 1.165) is 42.9 Å². The summed E-state index contributed by atoms with van der Waals surface area (Å²) in [4.78, 5) is 15.7. The zero-order chi connectivity index (χ0) is 14.9. The van der Waals surface area contributed by atoms with E-state index in [-0.39, 0.29) is 18.9 Å². The van der Waals surface area contributed by atoms with Crippen molar-refractivity contribution in [2.24, 2.45) is 0 Å². The van der Waals surface area contributed by atoms with Crippen molar-refractivity contribution in [3.63, 3.8) is 0 Å². The van der Waals surface area contributed by atoms with Crippen LogP contribution in [0.5, 0.6) is 0 Å². The highest BCUT2D eigenvalue weighted by Gasteiger charge is 2.28. The Hall–Kier alpha value is -1.73. The molecule has 0 bridgehead atoms. The van der Waals surface area contributed by atoms with Crippen molar-refractivity contribution in [1.29, 1.82) is 0 Å². The van der Waals surface area contributed by atoms with Crippen LogP contribution in [0.1, 0.15) is 38.3 Å². The van der Waals surface area contributed by atoms with Crippen LogP contribution in [-0.4, -0.2) is 50.4 Å². The highest BCUT2D eigenvalue weighted by atomic mass is 16.5. The van der Waals surface area contributed by atoms with Crippen molar-refractivity contribution in [2.75, 3.05) is 24.6 Å². The van der Waals surface area contributed by atoms with Crippen LogP contribution >= 0.6 is 0 Å². The summed E-state index contributed by atoms with van der Waals surface area (Å²) in [5.74, 6) is 0.931. The fraction of sp³-hybridized carbons (Fsp3) is 0.667. The molecule has 2 aromatic heterocycles. The van der Waals surface area contributed by atoms with E-state index in [1.54, 1.807) is 12.7 Å². The molecular formula is C15H21N5O2. The Balaban J connectivity index is 1.67. The van der Waals surface area contributed by atoms with Crippen LogP contribution in [0, 0.1) is 0 Å². The Bertz CT molecular complexity index is 652.